The van der Waals surface area contributed by atoms with Gasteiger partial charge in [0.1, 0.15) is 0 Å². The molecule has 178 valence electrons. The number of ketones is 2. The summed E-state index contributed by atoms with van der Waals surface area (Å²) in [5.41, 5.74) is 7.99. The molecular weight excluding hydrogens is 428 g/mol. The third kappa shape index (κ3) is 6.22. The van der Waals surface area contributed by atoms with Crippen molar-refractivity contribution in [1.29, 1.82) is 0 Å². The van der Waals surface area contributed by atoms with Crippen LogP contribution in [0.3, 0.4) is 0 Å². The number of hydrogen-bond donors (Lipinski definition) is 0. The second-order valence-electron chi connectivity index (χ2n) is 8.48. The lowest BCUT2D eigenvalue weighted by molar-refractivity contribution is 0.103. The molecule has 0 radical (unpaired) electrons. The monoisotopic (exact) mass is 462 g/mol. The summed E-state index contributed by atoms with van der Waals surface area (Å²) in [6.45, 7) is 8.37. The minimum atomic E-state index is 0.110. The van der Waals surface area contributed by atoms with Crippen LogP contribution in [-0.2, 0) is 19.3 Å². The van der Waals surface area contributed by atoms with Gasteiger partial charge in [0.2, 0.25) is 0 Å². The molecule has 0 aliphatic rings. The van der Waals surface area contributed by atoms with Gasteiger partial charge in [0.05, 0.1) is 0 Å². The quantitative estimate of drug-likeness (QED) is 0.262. The molecule has 0 heterocycles. The first kappa shape index (κ1) is 25.8. The van der Waals surface area contributed by atoms with Gasteiger partial charge in [-0.15, -0.1) is 0 Å². The van der Waals surface area contributed by atoms with Crippen molar-refractivity contribution < 1.29 is 9.59 Å². The molecule has 0 unspecified atom stereocenters. The van der Waals surface area contributed by atoms with Crippen molar-refractivity contribution in [2.75, 3.05) is 0 Å². The molecule has 4 aromatic rings. The Morgan fingerprint density at radius 3 is 1.46 bits per heavy atom. The number of carbonyl (C=O) groups is 2. The molecule has 0 atom stereocenters. The lowest BCUT2D eigenvalue weighted by atomic mass is 9.92. The van der Waals surface area contributed by atoms with E-state index in [2.05, 4.69) is 32.9 Å². The molecule has 0 bridgehead atoms. The van der Waals surface area contributed by atoms with E-state index in [-0.39, 0.29) is 11.6 Å². The Morgan fingerprint density at radius 1 is 0.514 bits per heavy atom. The van der Waals surface area contributed by atoms with E-state index in [1.165, 1.54) is 16.7 Å². The van der Waals surface area contributed by atoms with Crippen molar-refractivity contribution in [3.8, 4) is 0 Å². The lowest BCUT2D eigenvalue weighted by Crippen LogP contribution is -2.07. The first-order valence-electron chi connectivity index (χ1n) is 12.4. The highest BCUT2D eigenvalue weighted by atomic mass is 16.1. The second kappa shape index (κ2) is 12.6. The van der Waals surface area contributed by atoms with Crippen LogP contribution in [0.2, 0.25) is 0 Å². The number of benzene rings is 4. The van der Waals surface area contributed by atoms with Crippen molar-refractivity contribution in [2.24, 2.45) is 0 Å². The molecule has 4 rings (SSSR count). The Balaban J connectivity index is 0.000000196. The van der Waals surface area contributed by atoms with Gasteiger partial charge in [-0.05, 0) is 48.4 Å². The van der Waals surface area contributed by atoms with E-state index in [4.69, 9.17) is 0 Å². The molecule has 0 aromatic heterocycles. The van der Waals surface area contributed by atoms with Crippen molar-refractivity contribution in [3.05, 3.63) is 142 Å². The van der Waals surface area contributed by atoms with Gasteiger partial charge in [-0.3, -0.25) is 9.59 Å². The third-order valence-electron chi connectivity index (χ3n) is 6.40. The molecule has 2 nitrogen and oxygen atoms in total. The Hall–Kier alpha value is -3.78. The Kier molecular flexibility index (Phi) is 9.31. The van der Waals surface area contributed by atoms with E-state index in [0.29, 0.717) is 0 Å². The van der Waals surface area contributed by atoms with Crippen molar-refractivity contribution in [3.63, 3.8) is 0 Å². The van der Waals surface area contributed by atoms with Crippen LogP contribution in [0.4, 0.5) is 0 Å². The number of hydrogen-bond acceptors (Lipinski definition) is 2. The average molecular weight is 463 g/mol. The first-order chi connectivity index (χ1) is 17.0. The van der Waals surface area contributed by atoms with Crippen LogP contribution in [0.5, 0.6) is 0 Å². The summed E-state index contributed by atoms with van der Waals surface area (Å²) >= 11 is 0. The molecule has 0 saturated heterocycles. The molecule has 0 N–H and O–H groups in total. The van der Waals surface area contributed by atoms with Gasteiger partial charge in [-0.25, -0.2) is 0 Å². The minimum absolute atomic E-state index is 0.110. The summed E-state index contributed by atoms with van der Waals surface area (Å²) in [6.07, 6.45) is 2.83. The molecule has 2 heteroatoms. The molecule has 0 spiro atoms. The Bertz CT molecular complexity index is 1270. The van der Waals surface area contributed by atoms with Crippen LogP contribution in [0, 0.1) is 6.92 Å². The van der Waals surface area contributed by atoms with E-state index in [9.17, 15) is 9.59 Å². The zero-order valence-corrected chi connectivity index (χ0v) is 21.2. The zero-order valence-electron chi connectivity index (χ0n) is 21.2. The zero-order chi connectivity index (χ0) is 25.2. The SMILES string of the molecule is CCc1cccc(C(=O)c2ccccc2)c1C.CCc1cccc(C(=O)c2ccccc2)c1CC. The molecule has 0 aliphatic heterocycles. The third-order valence-corrected chi connectivity index (χ3v) is 6.40. The highest BCUT2D eigenvalue weighted by molar-refractivity contribution is 6.10. The van der Waals surface area contributed by atoms with E-state index in [1.54, 1.807) is 0 Å². The normalized spacial score (nSPS) is 10.3. The van der Waals surface area contributed by atoms with Crippen molar-refractivity contribution in [2.45, 2.75) is 47.0 Å². The van der Waals surface area contributed by atoms with Crippen LogP contribution < -0.4 is 0 Å². The molecule has 4 aromatic carbocycles. The summed E-state index contributed by atoms with van der Waals surface area (Å²) in [5, 5.41) is 0. The van der Waals surface area contributed by atoms with Gasteiger partial charge in [-0.1, -0.05) is 118 Å². The largest absolute Gasteiger partial charge is 0.289 e. The van der Waals surface area contributed by atoms with Crippen molar-refractivity contribution in [1.82, 2.24) is 0 Å². The predicted octanol–water partition coefficient (Wildman–Crippen LogP) is 7.83. The molecule has 35 heavy (non-hydrogen) atoms. The summed E-state index contributed by atoms with van der Waals surface area (Å²) < 4.78 is 0. The van der Waals surface area contributed by atoms with Gasteiger partial charge in [0, 0.05) is 22.3 Å². The fourth-order valence-corrected chi connectivity index (χ4v) is 4.40. The number of rotatable bonds is 7. The first-order valence-corrected chi connectivity index (χ1v) is 12.4. The fraction of sp³-hybridized carbons (Fsp3) is 0.212. The summed E-state index contributed by atoms with van der Waals surface area (Å²) in [5.74, 6) is 0.237. The van der Waals surface area contributed by atoms with Crippen LogP contribution >= 0.6 is 0 Å². The maximum atomic E-state index is 12.5. The highest BCUT2D eigenvalue weighted by Gasteiger charge is 2.14. The highest BCUT2D eigenvalue weighted by Crippen LogP contribution is 2.20. The summed E-state index contributed by atoms with van der Waals surface area (Å²) in [4.78, 5) is 24.8. The minimum Gasteiger partial charge on any atom is -0.289 e. The van der Waals surface area contributed by atoms with E-state index in [0.717, 1.165) is 47.1 Å². The summed E-state index contributed by atoms with van der Waals surface area (Å²) in [6, 6.07) is 30.9. The molecular formula is C33H34O2. The van der Waals surface area contributed by atoms with Crippen LogP contribution in [0.1, 0.15) is 74.9 Å². The van der Waals surface area contributed by atoms with Gasteiger partial charge in [0.25, 0.3) is 0 Å². The smallest absolute Gasteiger partial charge is 0.193 e. The molecule has 0 fully saturated rings. The summed E-state index contributed by atoms with van der Waals surface area (Å²) in [7, 11) is 0. The van der Waals surface area contributed by atoms with E-state index in [1.807, 2.05) is 91.9 Å². The average Bonchev–Trinajstić information content (AvgIpc) is 2.93. The second-order valence-corrected chi connectivity index (χ2v) is 8.48. The van der Waals surface area contributed by atoms with Crippen LogP contribution in [0.25, 0.3) is 0 Å². The van der Waals surface area contributed by atoms with E-state index < -0.39 is 0 Å². The number of aryl methyl sites for hydroxylation is 2. The molecule has 0 aliphatic carbocycles. The van der Waals surface area contributed by atoms with Crippen LogP contribution in [0.15, 0.2) is 97.1 Å². The van der Waals surface area contributed by atoms with Gasteiger partial charge in [0.15, 0.2) is 11.6 Å². The van der Waals surface area contributed by atoms with Crippen molar-refractivity contribution >= 4 is 11.6 Å². The Morgan fingerprint density at radius 2 is 0.971 bits per heavy atom. The molecule has 0 amide bonds. The topological polar surface area (TPSA) is 34.1 Å². The van der Waals surface area contributed by atoms with Gasteiger partial charge >= 0.3 is 0 Å². The maximum absolute atomic E-state index is 12.5. The molecule has 0 saturated carbocycles. The van der Waals surface area contributed by atoms with Gasteiger partial charge < -0.3 is 0 Å². The van der Waals surface area contributed by atoms with Gasteiger partial charge in [-0.2, -0.15) is 0 Å². The number of carbonyl (C=O) groups excluding carboxylic acids is 2. The van der Waals surface area contributed by atoms with E-state index >= 15 is 0 Å². The standard InChI is InChI=1S/C17H18O.C16H16O/c1-3-13-11-8-12-16(15(13)4-2)17(18)14-9-6-5-7-10-14;1-3-13-10-7-11-15(12(13)2)16(17)14-8-5-4-6-9-14/h5-12H,3-4H2,1-2H3;4-11H,3H2,1-2H3. The lowest BCUT2D eigenvalue weighted by Gasteiger charge is -2.11. The maximum Gasteiger partial charge on any atom is 0.193 e. The predicted molar refractivity (Wildman–Crippen MR) is 146 cm³/mol. The fourth-order valence-electron chi connectivity index (χ4n) is 4.40. The Labute approximate surface area is 209 Å². The van der Waals surface area contributed by atoms with Crippen LogP contribution in [-0.4, -0.2) is 11.6 Å².